The van der Waals surface area contributed by atoms with Crippen LogP contribution in [0.1, 0.15) is 39.0 Å². The largest absolute Gasteiger partial charge is 0.433 e. The van der Waals surface area contributed by atoms with Crippen molar-refractivity contribution in [2.24, 2.45) is 0 Å². The average molecular weight is 331 g/mol. The van der Waals surface area contributed by atoms with E-state index in [1.165, 1.54) is 19.1 Å². The molecule has 0 amide bonds. The number of carbonyl (C=O) groups is 2. The number of fused-ring (bicyclic) bond motifs is 1. The monoisotopic (exact) mass is 331 g/mol. The van der Waals surface area contributed by atoms with Crippen molar-refractivity contribution in [2.75, 3.05) is 0 Å². The summed E-state index contributed by atoms with van der Waals surface area (Å²) in [5.74, 6) is -0.630. The summed E-state index contributed by atoms with van der Waals surface area (Å²) in [5, 5.41) is 0. The molecule has 0 radical (unpaired) electrons. The topological polar surface area (TPSA) is 47.0 Å². The van der Waals surface area contributed by atoms with Crippen molar-refractivity contribution in [3.63, 3.8) is 0 Å². The molecular formula is C18H12F3NO2. The molecule has 1 aliphatic rings. The van der Waals surface area contributed by atoms with E-state index < -0.39 is 11.9 Å². The Morgan fingerprint density at radius 1 is 0.917 bits per heavy atom. The highest BCUT2D eigenvalue weighted by Crippen LogP contribution is 2.30. The quantitative estimate of drug-likeness (QED) is 0.834. The number of aromatic nitrogens is 1. The van der Waals surface area contributed by atoms with Crippen molar-refractivity contribution in [2.45, 2.75) is 19.5 Å². The number of ketones is 2. The normalized spacial score (nSPS) is 14.8. The van der Waals surface area contributed by atoms with Gasteiger partial charge >= 0.3 is 6.18 Å². The maximum atomic E-state index is 12.8. The lowest BCUT2D eigenvalue weighted by Crippen LogP contribution is -2.22. The van der Waals surface area contributed by atoms with Crippen LogP contribution in [-0.2, 0) is 12.6 Å². The first-order valence-corrected chi connectivity index (χ1v) is 7.20. The molecule has 0 fully saturated rings. The van der Waals surface area contributed by atoms with Crippen LogP contribution in [-0.4, -0.2) is 16.6 Å². The Balaban J connectivity index is 2.00. The number of nitrogens with zero attached hydrogens (tertiary/aromatic N) is 1. The van der Waals surface area contributed by atoms with Crippen LogP contribution < -0.4 is 0 Å². The Kier molecular flexibility index (Phi) is 3.83. The second-order valence-corrected chi connectivity index (χ2v) is 5.50. The predicted octanol–water partition coefficient (Wildman–Crippen LogP) is 4.04. The van der Waals surface area contributed by atoms with Gasteiger partial charge in [-0.15, -0.1) is 0 Å². The summed E-state index contributed by atoms with van der Waals surface area (Å²) in [5.41, 5.74) is 0.104. The van der Waals surface area contributed by atoms with E-state index in [1.54, 1.807) is 24.3 Å². The molecular weight excluding hydrogens is 319 g/mol. The molecule has 1 aromatic heterocycles. The molecule has 1 aliphatic carbocycles. The van der Waals surface area contributed by atoms with Gasteiger partial charge in [-0.25, -0.2) is 4.98 Å². The maximum Gasteiger partial charge on any atom is 0.433 e. The highest BCUT2D eigenvalue weighted by Gasteiger charge is 2.33. The number of alkyl halides is 3. The van der Waals surface area contributed by atoms with Crippen LogP contribution in [0.2, 0.25) is 0 Å². The third-order valence-electron chi connectivity index (χ3n) is 3.94. The van der Waals surface area contributed by atoms with Gasteiger partial charge in [0, 0.05) is 34.4 Å². The molecule has 2 aromatic rings. The number of benzene rings is 1. The second kappa shape index (κ2) is 5.70. The van der Waals surface area contributed by atoms with Gasteiger partial charge in [0.2, 0.25) is 0 Å². The summed E-state index contributed by atoms with van der Waals surface area (Å²) < 4.78 is 38.3. The van der Waals surface area contributed by atoms with E-state index in [-0.39, 0.29) is 40.4 Å². The molecule has 0 unspecified atom stereocenters. The Bertz CT molecular complexity index is 882. The molecule has 6 heteroatoms. The third-order valence-corrected chi connectivity index (χ3v) is 3.94. The van der Waals surface area contributed by atoms with Crippen LogP contribution >= 0.6 is 0 Å². The summed E-state index contributed by atoms with van der Waals surface area (Å²) >= 11 is 0. The predicted molar refractivity (Wildman–Crippen MR) is 80.7 cm³/mol. The van der Waals surface area contributed by atoms with Gasteiger partial charge in [-0.3, -0.25) is 9.59 Å². The fourth-order valence-electron chi connectivity index (χ4n) is 2.68. The van der Waals surface area contributed by atoms with Gasteiger partial charge in [0.15, 0.2) is 11.6 Å². The summed E-state index contributed by atoms with van der Waals surface area (Å²) in [6.45, 7) is 1.51. The summed E-state index contributed by atoms with van der Waals surface area (Å²) in [6.07, 6.45) is -4.67. The number of Topliss-reactive ketones (excluding diaryl/α,β-unsaturated/α-hetero) is 2. The van der Waals surface area contributed by atoms with Crippen molar-refractivity contribution in [3.8, 4) is 0 Å². The molecule has 1 aromatic carbocycles. The molecule has 0 bridgehead atoms. The second-order valence-electron chi connectivity index (χ2n) is 5.50. The van der Waals surface area contributed by atoms with Crippen LogP contribution in [0.3, 0.4) is 0 Å². The summed E-state index contributed by atoms with van der Waals surface area (Å²) in [6, 6.07) is 9.94. The van der Waals surface area contributed by atoms with Crippen molar-refractivity contribution in [1.82, 2.24) is 4.98 Å². The lowest BCUT2D eigenvalue weighted by molar-refractivity contribution is -0.141. The minimum absolute atomic E-state index is 0.0970. The zero-order valence-electron chi connectivity index (χ0n) is 12.6. The Morgan fingerprint density at radius 3 is 2.17 bits per heavy atom. The molecule has 24 heavy (non-hydrogen) atoms. The van der Waals surface area contributed by atoms with Gasteiger partial charge in [0.1, 0.15) is 5.69 Å². The van der Waals surface area contributed by atoms with Crippen LogP contribution in [0.4, 0.5) is 13.2 Å². The van der Waals surface area contributed by atoms with Crippen LogP contribution in [0.5, 0.6) is 0 Å². The van der Waals surface area contributed by atoms with E-state index >= 15 is 0 Å². The minimum atomic E-state index is -4.56. The summed E-state index contributed by atoms with van der Waals surface area (Å²) in [7, 11) is 0. The standard InChI is InChI=1S/C18H12F3NO2/c1-10-14(9-11-5-4-8-15(22-11)18(19,20)21)17(24)13-7-3-2-6-12(13)16(10)23/h2-8H,9H2,1H3. The van der Waals surface area contributed by atoms with E-state index in [4.69, 9.17) is 0 Å². The van der Waals surface area contributed by atoms with E-state index in [0.29, 0.717) is 5.56 Å². The van der Waals surface area contributed by atoms with Crippen molar-refractivity contribution in [1.29, 1.82) is 0 Å². The van der Waals surface area contributed by atoms with E-state index in [2.05, 4.69) is 4.98 Å². The van der Waals surface area contributed by atoms with Gasteiger partial charge in [-0.2, -0.15) is 13.2 Å². The molecule has 0 spiro atoms. The minimum Gasteiger partial charge on any atom is -0.289 e. The van der Waals surface area contributed by atoms with E-state index in [1.807, 2.05) is 0 Å². The fourth-order valence-corrected chi connectivity index (χ4v) is 2.68. The molecule has 0 saturated carbocycles. The van der Waals surface area contributed by atoms with Crippen molar-refractivity contribution >= 4 is 11.6 Å². The highest BCUT2D eigenvalue weighted by molar-refractivity contribution is 6.26. The highest BCUT2D eigenvalue weighted by atomic mass is 19.4. The number of hydrogen-bond acceptors (Lipinski definition) is 3. The van der Waals surface area contributed by atoms with Crippen LogP contribution in [0.25, 0.3) is 0 Å². The van der Waals surface area contributed by atoms with Gasteiger partial charge in [0.05, 0.1) is 0 Å². The maximum absolute atomic E-state index is 12.8. The SMILES string of the molecule is CC1=C(Cc2cccc(C(F)(F)F)n2)C(=O)c2ccccc2C1=O. The van der Waals surface area contributed by atoms with Gasteiger partial charge in [0.25, 0.3) is 0 Å². The number of halogens is 3. The molecule has 0 aliphatic heterocycles. The smallest absolute Gasteiger partial charge is 0.289 e. The zero-order chi connectivity index (χ0) is 17.5. The zero-order valence-corrected chi connectivity index (χ0v) is 12.6. The Labute approximate surface area is 135 Å². The molecule has 3 rings (SSSR count). The van der Waals surface area contributed by atoms with Crippen molar-refractivity contribution in [3.05, 3.63) is 76.1 Å². The number of hydrogen-bond donors (Lipinski definition) is 0. The van der Waals surface area contributed by atoms with Crippen LogP contribution in [0, 0.1) is 0 Å². The van der Waals surface area contributed by atoms with E-state index in [9.17, 15) is 22.8 Å². The molecule has 0 atom stereocenters. The molecule has 122 valence electrons. The third kappa shape index (κ3) is 2.75. The number of rotatable bonds is 2. The lowest BCUT2D eigenvalue weighted by atomic mass is 9.83. The Morgan fingerprint density at radius 2 is 1.54 bits per heavy atom. The van der Waals surface area contributed by atoms with Gasteiger partial charge < -0.3 is 0 Å². The molecule has 0 N–H and O–H groups in total. The molecule has 0 saturated heterocycles. The van der Waals surface area contributed by atoms with Gasteiger partial charge in [-0.1, -0.05) is 30.3 Å². The molecule has 3 nitrogen and oxygen atoms in total. The first-order chi connectivity index (χ1) is 11.3. The first-order valence-electron chi connectivity index (χ1n) is 7.20. The summed E-state index contributed by atoms with van der Waals surface area (Å²) in [4.78, 5) is 28.5. The lowest BCUT2D eigenvalue weighted by Gasteiger charge is -2.19. The average Bonchev–Trinajstić information content (AvgIpc) is 2.56. The van der Waals surface area contributed by atoms with Crippen LogP contribution in [0.15, 0.2) is 53.6 Å². The van der Waals surface area contributed by atoms with Gasteiger partial charge in [-0.05, 0) is 19.1 Å². The molecule has 1 heterocycles. The number of pyridine rings is 1. The van der Waals surface area contributed by atoms with E-state index in [0.717, 1.165) is 6.07 Å². The Hall–Kier alpha value is -2.76. The fraction of sp³-hybridized carbons (Fsp3) is 0.167. The number of carbonyl (C=O) groups excluding carboxylic acids is 2. The number of allylic oxidation sites excluding steroid dienone is 2. The van der Waals surface area contributed by atoms with Crippen molar-refractivity contribution < 1.29 is 22.8 Å². The first kappa shape index (κ1) is 16.1.